The number of alkyl halides is 2. The Morgan fingerprint density at radius 1 is 1.26 bits per heavy atom. The van der Waals surface area contributed by atoms with Gasteiger partial charge in [0.1, 0.15) is 5.75 Å². The molecule has 0 radical (unpaired) electrons. The zero-order chi connectivity index (χ0) is 22.4. The molecule has 0 unspecified atom stereocenters. The summed E-state index contributed by atoms with van der Waals surface area (Å²) in [6, 6.07) is 6.29. The van der Waals surface area contributed by atoms with Gasteiger partial charge in [0.2, 0.25) is 11.1 Å². The van der Waals surface area contributed by atoms with Crippen LogP contribution in [-0.2, 0) is 4.79 Å². The number of ether oxygens (including phenoxy) is 1. The molecule has 2 atom stereocenters. The van der Waals surface area contributed by atoms with Gasteiger partial charge in [-0.05, 0) is 54.4 Å². The molecule has 2 bridgehead atoms. The average molecular weight is 452 g/mol. The minimum atomic E-state index is -2.88. The number of carbonyl (C=O) groups is 1. The number of hydrogen-bond donors (Lipinski definition) is 1. The molecular weight excluding hydrogens is 424 g/mol. The van der Waals surface area contributed by atoms with Crippen LogP contribution in [0, 0.1) is 10.8 Å². The molecule has 1 saturated heterocycles. The maximum atomic E-state index is 13.0. The molecule has 2 fully saturated rings. The van der Waals surface area contributed by atoms with E-state index < -0.39 is 6.61 Å². The molecular formula is C21H27F2N5O2S. The van der Waals surface area contributed by atoms with E-state index in [1.54, 1.807) is 12.1 Å². The Hall–Kier alpha value is -2.36. The molecule has 168 valence electrons. The molecule has 1 aromatic heterocycles. The molecule has 1 amide bonds. The Morgan fingerprint density at radius 3 is 2.65 bits per heavy atom. The predicted molar refractivity (Wildman–Crippen MR) is 114 cm³/mol. The molecule has 0 spiro atoms. The van der Waals surface area contributed by atoms with Gasteiger partial charge in [0.15, 0.2) is 5.82 Å². The smallest absolute Gasteiger partial charge is 0.387 e. The number of benzene rings is 1. The van der Waals surface area contributed by atoms with Gasteiger partial charge in [-0.25, -0.2) is 4.68 Å². The maximum absolute atomic E-state index is 13.0. The van der Waals surface area contributed by atoms with Crippen molar-refractivity contribution in [3.63, 3.8) is 0 Å². The molecule has 1 aromatic carbocycles. The lowest BCUT2D eigenvalue weighted by Crippen LogP contribution is -2.38. The molecule has 7 nitrogen and oxygen atoms in total. The lowest BCUT2D eigenvalue weighted by Gasteiger charge is -2.39. The summed E-state index contributed by atoms with van der Waals surface area (Å²) in [6.45, 7) is 4.76. The standard InChI is InChI=1S/C21H27F2N5O2S/c1-20(2)8-14-9-21(3,11-20)12-27(14)16(29)10-31-19-26-25-17(28(19)24)13-4-6-15(7-5-13)30-18(22)23/h4-7,14,18H,8-12,24H2,1-3H3/t14-,21-/m1/s1. The number of carbonyl (C=O) groups excluding carboxylic acids is 1. The highest BCUT2D eigenvalue weighted by molar-refractivity contribution is 7.99. The zero-order valence-corrected chi connectivity index (χ0v) is 18.7. The van der Waals surface area contributed by atoms with E-state index in [9.17, 15) is 13.6 Å². The van der Waals surface area contributed by atoms with Crippen LogP contribution in [0.15, 0.2) is 29.4 Å². The number of fused-ring (bicyclic) bond motifs is 2. The Labute approximate surface area is 184 Å². The normalized spacial score (nSPS) is 24.6. The third kappa shape index (κ3) is 4.63. The monoisotopic (exact) mass is 451 g/mol. The third-order valence-electron chi connectivity index (χ3n) is 6.06. The fourth-order valence-corrected chi connectivity index (χ4v) is 6.06. The highest BCUT2D eigenvalue weighted by Gasteiger charge is 2.50. The van der Waals surface area contributed by atoms with E-state index in [0.717, 1.165) is 25.8 Å². The fraction of sp³-hybridized carbons (Fsp3) is 0.571. The van der Waals surface area contributed by atoms with Crippen LogP contribution >= 0.6 is 11.8 Å². The highest BCUT2D eigenvalue weighted by atomic mass is 32.2. The van der Waals surface area contributed by atoms with Crippen LogP contribution in [0.3, 0.4) is 0 Å². The SMILES string of the molecule is CC1(C)C[C@@H]2C[C@@](C)(CN2C(=O)CSc2nnc(-c3ccc(OC(F)F)cc3)n2N)C1. The second-order valence-electron chi connectivity index (χ2n) is 9.60. The van der Waals surface area contributed by atoms with Gasteiger partial charge in [0.25, 0.3) is 0 Å². The average Bonchev–Trinajstić information content (AvgIpc) is 3.15. The summed E-state index contributed by atoms with van der Waals surface area (Å²) in [7, 11) is 0. The van der Waals surface area contributed by atoms with Crippen molar-refractivity contribution in [3.05, 3.63) is 24.3 Å². The Balaban J connectivity index is 1.40. The van der Waals surface area contributed by atoms with Crippen molar-refractivity contribution >= 4 is 17.7 Å². The molecule has 2 heterocycles. The van der Waals surface area contributed by atoms with E-state index >= 15 is 0 Å². The number of amides is 1. The number of likely N-dealkylation sites (tertiary alicyclic amines) is 1. The number of hydrogen-bond acceptors (Lipinski definition) is 6. The van der Waals surface area contributed by atoms with Gasteiger partial charge in [-0.15, -0.1) is 10.2 Å². The number of aromatic nitrogens is 3. The molecule has 4 rings (SSSR count). The second kappa shape index (κ2) is 7.96. The minimum absolute atomic E-state index is 0.0507. The van der Waals surface area contributed by atoms with Crippen molar-refractivity contribution in [2.24, 2.45) is 10.8 Å². The summed E-state index contributed by atoms with van der Waals surface area (Å²) >= 11 is 1.25. The molecule has 1 aliphatic carbocycles. The molecule has 1 aliphatic heterocycles. The second-order valence-corrected chi connectivity index (χ2v) is 10.5. The summed E-state index contributed by atoms with van der Waals surface area (Å²) in [5, 5.41) is 8.60. The van der Waals surface area contributed by atoms with Crippen LogP contribution in [0.2, 0.25) is 0 Å². The van der Waals surface area contributed by atoms with Crippen LogP contribution in [0.5, 0.6) is 5.75 Å². The molecule has 31 heavy (non-hydrogen) atoms. The van der Waals surface area contributed by atoms with Gasteiger partial charge in [-0.1, -0.05) is 32.5 Å². The quantitative estimate of drug-likeness (QED) is 0.531. The maximum Gasteiger partial charge on any atom is 0.387 e. The number of halogens is 2. The van der Waals surface area contributed by atoms with Gasteiger partial charge < -0.3 is 15.5 Å². The van der Waals surface area contributed by atoms with Crippen molar-refractivity contribution in [1.29, 1.82) is 0 Å². The van der Waals surface area contributed by atoms with Gasteiger partial charge in [-0.2, -0.15) is 8.78 Å². The van der Waals surface area contributed by atoms with Crippen molar-refractivity contribution in [2.45, 2.75) is 57.8 Å². The first-order valence-corrected chi connectivity index (χ1v) is 11.2. The Bertz CT molecular complexity index is 965. The number of thioether (sulfide) groups is 1. The van der Waals surface area contributed by atoms with Crippen LogP contribution in [-0.4, -0.2) is 50.6 Å². The molecule has 2 aromatic rings. The van der Waals surface area contributed by atoms with Crippen LogP contribution in [0.4, 0.5) is 8.78 Å². The molecule has 10 heteroatoms. The van der Waals surface area contributed by atoms with Crippen molar-refractivity contribution in [1.82, 2.24) is 19.8 Å². The fourth-order valence-electron chi connectivity index (χ4n) is 5.32. The zero-order valence-electron chi connectivity index (χ0n) is 17.8. The number of nitrogens with zero attached hydrogens (tertiary/aromatic N) is 4. The van der Waals surface area contributed by atoms with Crippen LogP contribution < -0.4 is 10.6 Å². The summed E-state index contributed by atoms with van der Waals surface area (Å²) in [5.41, 5.74) is 1.05. The van der Waals surface area contributed by atoms with E-state index in [1.807, 2.05) is 4.90 Å². The number of nitrogens with two attached hydrogens (primary N) is 1. The Kier molecular flexibility index (Phi) is 5.61. The van der Waals surface area contributed by atoms with E-state index in [-0.39, 0.29) is 28.2 Å². The summed E-state index contributed by atoms with van der Waals surface area (Å²) < 4.78 is 30.3. The summed E-state index contributed by atoms with van der Waals surface area (Å²) in [4.78, 5) is 15.0. The minimum Gasteiger partial charge on any atom is -0.435 e. The lowest BCUT2D eigenvalue weighted by molar-refractivity contribution is -0.129. The van der Waals surface area contributed by atoms with Crippen LogP contribution in [0.1, 0.15) is 40.0 Å². The van der Waals surface area contributed by atoms with Crippen molar-refractivity contribution in [2.75, 3.05) is 18.1 Å². The first kappa shape index (κ1) is 21.9. The van der Waals surface area contributed by atoms with E-state index in [2.05, 4.69) is 35.7 Å². The summed E-state index contributed by atoms with van der Waals surface area (Å²) in [5.74, 6) is 6.89. The number of rotatable bonds is 6. The van der Waals surface area contributed by atoms with Gasteiger partial charge in [-0.3, -0.25) is 4.79 Å². The first-order chi connectivity index (χ1) is 14.6. The number of nitrogen functional groups attached to an aromatic ring is 1. The largest absolute Gasteiger partial charge is 0.435 e. The highest BCUT2D eigenvalue weighted by Crippen LogP contribution is 2.52. The van der Waals surface area contributed by atoms with E-state index in [4.69, 9.17) is 5.84 Å². The third-order valence-corrected chi connectivity index (χ3v) is 6.99. The molecule has 2 N–H and O–H groups in total. The lowest BCUT2D eigenvalue weighted by atomic mass is 9.65. The predicted octanol–water partition coefficient (Wildman–Crippen LogP) is 3.78. The first-order valence-electron chi connectivity index (χ1n) is 10.2. The molecule has 1 saturated carbocycles. The van der Waals surface area contributed by atoms with Gasteiger partial charge in [0, 0.05) is 18.2 Å². The van der Waals surface area contributed by atoms with Crippen molar-refractivity contribution in [3.8, 4) is 17.1 Å². The van der Waals surface area contributed by atoms with Gasteiger partial charge in [0.05, 0.1) is 5.75 Å². The van der Waals surface area contributed by atoms with Gasteiger partial charge >= 0.3 is 6.61 Å². The van der Waals surface area contributed by atoms with E-state index in [0.29, 0.717) is 22.6 Å². The van der Waals surface area contributed by atoms with Crippen LogP contribution in [0.25, 0.3) is 11.4 Å². The van der Waals surface area contributed by atoms with E-state index in [1.165, 1.54) is 28.6 Å². The summed E-state index contributed by atoms with van der Waals surface area (Å²) in [6.07, 6.45) is 3.23. The molecule has 2 aliphatic rings. The topological polar surface area (TPSA) is 86.3 Å². The Morgan fingerprint density at radius 2 is 1.97 bits per heavy atom. The van der Waals surface area contributed by atoms with Crippen molar-refractivity contribution < 1.29 is 18.3 Å².